The number of rotatable bonds is 4. The minimum atomic E-state index is -0.502. The topological polar surface area (TPSA) is 88.2 Å². The van der Waals surface area contributed by atoms with Crippen molar-refractivity contribution in [1.29, 1.82) is 0 Å². The lowest BCUT2D eigenvalue weighted by molar-refractivity contribution is -0.384. The number of phenolic OH excluding ortho intramolecular Hbond substituents is 1. The molecule has 0 unspecified atom stereocenters. The Bertz CT molecular complexity index is 770. The Morgan fingerprint density at radius 1 is 1.21 bits per heavy atom. The molecule has 0 aromatic heterocycles. The summed E-state index contributed by atoms with van der Waals surface area (Å²) in [6, 6.07) is 11.5. The zero-order valence-corrected chi connectivity index (χ0v) is 13.0. The maximum atomic E-state index is 10.9. The molecule has 0 bridgehead atoms. The number of non-ortho nitro benzene ring substituents is 1. The van der Waals surface area contributed by atoms with Gasteiger partial charge in [-0.3, -0.25) is 15.1 Å². The molecule has 1 N–H and O–H groups in total. The highest BCUT2D eigenvalue weighted by Gasteiger charge is 2.14. The van der Waals surface area contributed by atoms with Crippen LogP contribution in [0.25, 0.3) is 0 Å². The van der Waals surface area contributed by atoms with Crippen LogP contribution in [0.1, 0.15) is 5.56 Å². The van der Waals surface area contributed by atoms with Crippen molar-refractivity contribution >= 4 is 23.3 Å². The number of hydrogen-bond donors (Lipinski definition) is 1. The molecule has 0 saturated carbocycles. The number of hydrogen-bond acceptors (Lipinski definition) is 6. The Labute approximate surface area is 139 Å². The molecule has 0 radical (unpaired) electrons. The van der Waals surface area contributed by atoms with Crippen LogP contribution in [-0.4, -0.2) is 42.5 Å². The number of benzene rings is 2. The zero-order chi connectivity index (χ0) is 16.9. The lowest BCUT2D eigenvalue weighted by Crippen LogP contribution is -2.36. The molecule has 1 heterocycles. The summed E-state index contributed by atoms with van der Waals surface area (Å²) < 4.78 is 5.36. The van der Waals surface area contributed by atoms with Gasteiger partial charge in [0.1, 0.15) is 5.75 Å². The number of aromatic hydroxyl groups is 1. The van der Waals surface area contributed by atoms with Crippen molar-refractivity contribution in [1.82, 2.24) is 0 Å². The number of para-hydroxylation sites is 2. The molecule has 7 heteroatoms. The van der Waals surface area contributed by atoms with E-state index in [9.17, 15) is 15.2 Å². The largest absolute Gasteiger partial charge is 0.507 e. The molecule has 1 aliphatic rings. The molecule has 0 spiro atoms. The molecule has 1 aliphatic heterocycles. The van der Waals surface area contributed by atoms with Crippen molar-refractivity contribution in [3.05, 3.63) is 58.1 Å². The first-order valence-corrected chi connectivity index (χ1v) is 7.58. The molecule has 2 aromatic rings. The lowest BCUT2D eigenvalue weighted by atomic mass is 10.2. The van der Waals surface area contributed by atoms with E-state index in [1.54, 1.807) is 0 Å². The number of phenols is 1. The van der Waals surface area contributed by atoms with Crippen molar-refractivity contribution in [3.8, 4) is 5.75 Å². The van der Waals surface area contributed by atoms with Crippen LogP contribution in [0.4, 0.5) is 17.1 Å². The summed E-state index contributed by atoms with van der Waals surface area (Å²) in [4.78, 5) is 17.0. The fourth-order valence-electron chi connectivity index (χ4n) is 2.54. The number of morpholine rings is 1. The summed E-state index contributed by atoms with van der Waals surface area (Å²) in [6.07, 6.45) is 1.45. The van der Waals surface area contributed by atoms with Gasteiger partial charge < -0.3 is 14.7 Å². The van der Waals surface area contributed by atoms with Gasteiger partial charge in [0.05, 0.1) is 29.5 Å². The highest BCUT2D eigenvalue weighted by Crippen LogP contribution is 2.29. The van der Waals surface area contributed by atoms with Crippen molar-refractivity contribution in [2.75, 3.05) is 31.2 Å². The van der Waals surface area contributed by atoms with Crippen molar-refractivity contribution in [2.24, 2.45) is 4.99 Å². The SMILES string of the molecule is O=[N+]([O-])c1ccc(O)c(C=Nc2ccccc2N2CCOCC2)c1. The molecule has 124 valence electrons. The molecule has 7 nitrogen and oxygen atoms in total. The van der Waals surface area contributed by atoms with Crippen LogP contribution in [0.5, 0.6) is 5.75 Å². The van der Waals surface area contributed by atoms with Crippen LogP contribution in [0.2, 0.25) is 0 Å². The number of aliphatic imine (C=N–C) groups is 1. The van der Waals surface area contributed by atoms with E-state index in [2.05, 4.69) is 9.89 Å². The summed E-state index contributed by atoms with van der Waals surface area (Å²) in [5, 5.41) is 20.7. The van der Waals surface area contributed by atoms with Crippen LogP contribution in [0, 0.1) is 10.1 Å². The van der Waals surface area contributed by atoms with Crippen LogP contribution in [0.3, 0.4) is 0 Å². The summed E-state index contributed by atoms with van der Waals surface area (Å²) in [6.45, 7) is 2.91. The van der Waals surface area contributed by atoms with E-state index >= 15 is 0 Å². The summed E-state index contributed by atoms with van der Waals surface area (Å²) in [5.41, 5.74) is 1.93. The minimum Gasteiger partial charge on any atom is -0.507 e. The number of nitro groups is 1. The standard InChI is InChI=1S/C17H17N3O4/c21-17-6-5-14(20(22)23)11-13(17)12-18-15-3-1-2-4-16(15)19-7-9-24-10-8-19/h1-6,11-12,21H,7-10H2. The van der Waals surface area contributed by atoms with E-state index in [1.807, 2.05) is 24.3 Å². The molecular weight excluding hydrogens is 310 g/mol. The fraction of sp³-hybridized carbons (Fsp3) is 0.235. The Balaban J connectivity index is 1.90. The van der Waals surface area contributed by atoms with Crippen molar-refractivity contribution < 1.29 is 14.8 Å². The van der Waals surface area contributed by atoms with E-state index in [-0.39, 0.29) is 11.4 Å². The van der Waals surface area contributed by atoms with Gasteiger partial charge in [-0.1, -0.05) is 12.1 Å². The Hall–Kier alpha value is -2.93. The fourth-order valence-corrected chi connectivity index (χ4v) is 2.54. The first-order valence-electron chi connectivity index (χ1n) is 7.58. The van der Waals surface area contributed by atoms with Gasteiger partial charge in [-0.25, -0.2) is 0 Å². The first-order chi connectivity index (χ1) is 11.6. The summed E-state index contributed by atoms with van der Waals surface area (Å²) >= 11 is 0. The van der Waals surface area contributed by atoms with Gasteiger partial charge in [0.25, 0.3) is 5.69 Å². The number of ether oxygens (including phenoxy) is 1. The summed E-state index contributed by atoms with van der Waals surface area (Å²) in [5.74, 6) is -0.0480. The third-order valence-corrected chi connectivity index (χ3v) is 3.80. The second-order valence-electron chi connectivity index (χ2n) is 5.35. The molecule has 2 aromatic carbocycles. The second kappa shape index (κ2) is 7.10. The zero-order valence-electron chi connectivity index (χ0n) is 13.0. The molecule has 0 atom stereocenters. The average molecular weight is 327 g/mol. The quantitative estimate of drug-likeness (QED) is 0.530. The highest BCUT2D eigenvalue weighted by atomic mass is 16.6. The minimum absolute atomic E-state index is 0.0480. The second-order valence-corrected chi connectivity index (χ2v) is 5.35. The molecule has 3 rings (SSSR count). The Morgan fingerprint density at radius 3 is 2.71 bits per heavy atom. The first kappa shape index (κ1) is 15.9. The third-order valence-electron chi connectivity index (χ3n) is 3.80. The van der Waals surface area contributed by atoms with Gasteiger partial charge in [0.2, 0.25) is 0 Å². The van der Waals surface area contributed by atoms with E-state index in [0.717, 1.165) is 24.5 Å². The monoisotopic (exact) mass is 327 g/mol. The molecule has 0 aliphatic carbocycles. The number of nitrogens with zero attached hydrogens (tertiary/aromatic N) is 3. The van der Waals surface area contributed by atoms with Gasteiger partial charge in [0, 0.05) is 37.0 Å². The smallest absolute Gasteiger partial charge is 0.270 e. The molecular formula is C17H17N3O4. The van der Waals surface area contributed by atoms with Gasteiger partial charge in [0.15, 0.2) is 0 Å². The van der Waals surface area contributed by atoms with E-state index in [0.29, 0.717) is 18.8 Å². The number of nitro benzene ring substituents is 1. The average Bonchev–Trinajstić information content (AvgIpc) is 2.62. The van der Waals surface area contributed by atoms with Crippen LogP contribution < -0.4 is 4.90 Å². The van der Waals surface area contributed by atoms with Gasteiger partial charge in [-0.2, -0.15) is 0 Å². The van der Waals surface area contributed by atoms with Gasteiger partial charge >= 0.3 is 0 Å². The molecule has 0 amide bonds. The van der Waals surface area contributed by atoms with Gasteiger partial charge in [-0.15, -0.1) is 0 Å². The van der Waals surface area contributed by atoms with Crippen LogP contribution >= 0.6 is 0 Å². The van der Waals surface area contributed by atoms with Crippen molar-refractivity contribution in [2.45, 2.75) is 0 Å². The normalized spacial score (nSPS) is 14.9. The predicted molar refractivity (Wildman–Crippen MR) is 91.5 cm³/mol. The molecule has 1 fully saturated rings. The molecule has 1 saturated heterocycles. The lowest BCUT2D eigenvalue weighted by Gasteiger charge is -2.29. The Morgan fingerprint density at radius 2 is 1.96 bits per heavy atom. The molecule has 24 heavy (non-hydrogen) atoms. The predicted octanol–water partition coefficient (Wildman–Crippen LogP) is 2.89. The maximum absolute atomic E-state index is 10.9. The maximum Gasteiger partial charge on any atom is 0.270 e. The van der Waals surface area contributed by atoms with E-state index in [1.165, 1.54) is 24.4 Å². The Kier molecular flexibility index (Phi) is 4.72. The van der Waals surface area contributed by atoms with E-state index < -0.39 is 4.92 Å². The highest BCUT2D eigenvalue weighted by molar-refractivity contribution is 5.88. The van der Waals surface area contributed by atoms with Crippen LogP contribution in [0.15, 0.2) is 47.5 Å². The summed E-state index contributed by atoms with van der Waals surface area (Å²) in [7, 11) is 0. The van der Waals surface area contributed by atoms with Crippen molar-refractivity contribution in [3.63, 3.8) is 0 Å². The van der Waals surface area contributed by atoms with Gasteiger partial charge in [-0.05, 0) is 18.2 Å². The number of anilines is 1. The third kappa shape index (κ3) is 3.52. The van der Waals surface area contributed by atoms with E-state index in [4.69, 9.17) is 4.74 Å². The van der Waals surface area contributed by atoms with Crippen LogP contribution in [-0.2, 0) is 4.74 Å².